The Bertz CT molecular complexity index is 210. The summed E-state index contributed by atoms with van der Waals surface area (Å²) in [5.41, 5.74) is 0. The minimum absolute atomic E-state index is 0. The van der Waals surface area contributed by atoms with E-state index in [9.17, 15) is 29.6 Å². The van der Waals surface area contributed by atoms with Gasteiger partial charge in [-0.1, -0.05) is 10.4 Å². The van der Waals surface area contributed by atoms with Gasteiger partial charge in [0, 0.05) is 0 Å². The van der Waals surface area contributed by atoms with Gasteiger partial charge in [0.25, 0.3) is 0 Å². The van der Waals surface area contributed by atoms with E-state index in [1.807, 2.05) is 0 Å². The third-order valence-electron chi connectivity index (χ3n) is 0.998. The normalized spacial score (nSPS) is 11.9. The Morgan fingerprint density at radius 2 is 1.13 bits per heavy atom. The molecule has 0 aliphatic carbocycles. The van der Waals surface area contributed by atoms with Gasteiger partial charge in [-0.3, -0.25) is 0 Å². The zero-order chi connectivity index (χ0) is 11.7. The molecule has 0 saturated carbocycles. The monoisotopic (exact) mass is 228 g/mol. The fourth-order valence-electron chi connectivity index (χ4n) is 0.0861. The summed E-state index contributed by atoms with van der Waals surface area (Å²) in [5, 5.41) is 23.4. The molecule has 0 unspecified atom stereocenters. The van der Waals surface area contributed by atoms with Crippen molar-refractivity contribution in [2.45, 2.75) is 25.9 Å². The molecular weight excluding hydrogens is 220 g/mol. The molecule has 0 heterocycles. The van der Waals surface area contributed by atoms with Crippen LogP contribution in [-0.2, 0) is 9.59 Å². The first kappa shape index (κ1) is 19.5. The van der Waals surface area contributed by atoms with Gasteiger partial charge in [0.05, 0.1) is 11.9 Å². The molecule has 80 valence electrons. The van der Waals surface area contributed by atoms with Crippen molar-refractivity contribution in [3.8, 4) is 0 Å². The van der Waals surface area contributed by atoms with E-state index < -0.39 is 24.0 Å². The first-order valence-corrected chi connectivity index (χ1v) is 3.43. The predicted octanol–water partition coefficient (Wildman–Crippen LogP) is -2.60. The topological polar surface area (TPSA) is 139 Å². The van der Waals surface area contributed by atoms with Gasteiger partial charge in [-0.15, -0.1) is 0 Å². The van der Waals surface area contributed by atoms with E-state index in [2.05, 4.69) is 10.4 Å². The van der Waals surface area contributed by atoms with Crippen molar-refractivity contribution in [2.75, 3.05) is 0 Å². The van der Waals surface area contributed by atoms with Crippen LogP contribution in [0, 0.1) is 9.81 Å². The second kappa shape index (κ2) is 11.0. The summed E-state index contributed by atoms with van der Waals surface area (Å²) in [6, 6.07) is -2.44. The van der Waals surface area contributed by atoms with Crippen LogP contribution in [0.25, 0.3) is 0 Å². The standard InChI is InChI=1S/2C3H5NO3.Mg/c2*1-2(4-7)3(5)6;/h2*2H,1H3,(H,5,6);/q;;+2/p-2/t2*2-;/m00./s1. The van der Waals surface area contributed by atoms with E-state index in [1.165, 1.54) is 0 Å². The quantitative estimate of drug-likeness (QED) is 0.382. The van der Waals surface area contributed by atoms with Gasteiger partial charge in [-0.05, 0) is 13.8 Å². The van der Waals surface area contributed by atoms with Crippen molar-refractivity contribution in [2.24, 2.45) is 10.4 Å². The van der Waals surface area contributed by atoms with Gasteiger partial charge in [0.2, 0.25) is 0 Å². The number of carboxylic acid groups (broad SMARTS) is 2. The summed E-state index contributed by atoms with van der Waals surface area (Å²) in [6.07, 6.45) is 0. The number of hydrogen-bond acceptors (Lipinski definition) is 8. The average molecular weight is 228 g/mol. The van der Waals surface area contributed by atoms with E-state index in [0.717, 1.165) is 13.8 Å². The fourth-order valence-corrected chi connectivity index (χ4v) is 0.0861. The molecule has 0 bridgehead atoms. The number of rotatable bonds is 4. The molecule has 0 fully saturated rings. The zero-order valence-corrected chi connectivity index (χ0v) is 9.62. The van der Waals surface area contributed by atoms with Crippen LogP contribution in [0.5, 0.6) is 0 Å². The first-order chi connectivity index (χ1) is 6.36. The van der Waals surface area contributed by atoms with Gasteiger partial charge in [-0.25, -0.2) is 0 Å². The number of hydrogen-bond donors (Lipinski definition) is 0. The second-order valence-electron chi connectivity index (χ2n) is 2.20. The number of nitrogens with zero attached hydrogens (tertiary/aromatic N) is 2. The van der Waals surface area contributed by atoms with E-state index in [1.54, 1.807) is 0 Å². The van der Waals surface area contributed by atoms with E-state index in [0.29, 0.717) is 0 Å². The van der Waals surface area contributed by atoms with Crippen LogP contribution in [0.15, 0.2) is 10.4 Å². The van der Waals surface area contributed by atoms with Crippen molar-refractivity contribution < 1.29 is 19.8 Å². The van der Waals surface area contributed by atoms with Gasteiger partial charge >= 0.3 is 23.1 Å². The second-order valence-corrected chi connectivity index (χ2v) is 2.20. The Morgan fingerprint density at radius 1 is 0.933 bits per heavy atom. The molecule has 0 aliphatic rings. The largest absolute Gasteiger partial charge is 2.00 e. The van der Waals surface area contributed by atoms with Gasteiger partial charge in [-0.2, -0.15) is 9.81 Å². The Kier molecular flexibility index (Phi) is 14.3. The minimum Gasteiger partial charge on any atom is -0.548 e. The zero-order valence-electron chi connectivity index (χ0n) is 8.21. The van der Waals surface area contributed by atoms with Crippen molar-refractivity contribution in [1.29, 1.82) is 0 Å². The van der Waals surface area contributed by atoms with Crippen LogP contribution in [0.1, 0.15) is 13.8 Å². The Balaban J connectivity index is -0.000000180. The molecule has 0 aromatic heterocycles. The number of carboxylic acids is 2. The van der Waals surface area contributed by atoms with E-state index in [-0.39, 0.29) is 23.1 Å². The summed E-state index contributed by atoms with van der Waals surface area (Å²) in [4.78, 5) is 37.6. The molecule has 0 aliphatic heterocycles. The molecule has 9 heteroatoms. The van der Waals surface area contributed by atoms with E-state index in [4.69, 9.17) is 0 Å². The predicted molar refractivity (Wildman–Crippen MR) is 46.3 cm³/mol. The van der Waals surface area contributed by atoms with Crippen molar-refractivity contribution in [1.82, 2.24) is 0 Å². The summed E-state index contributed by atoms with van der Waals surface area (Å²) in [6.45, 7) is 2.31. The van der Waals surface area contributed by atoms with Crippen molar-refractivity contribution >= 4 is 35.0 Å². The molecule has 0 aromatic carbocycles. The van der Waals surface area contributed by atoms with Crippen LogP contribution in [0.4, 0.5) is 0 Å². The molecule has 0 aromatic rings. The summed E-state index contributed by atoms with van der Waals surface area (Å²) >= 11 is 0. The van der Waals surface area contributed by atoms with Crippen LogP contribution >= 0.6 is 0 Å². The summed E-state index contributed by atoms with van der Waals surface area (Å²) < 4.78 is 0. The average Bonchev–Trinajstić information content (AvgIpc) is 2.15. The van der Waals surface area contributed by atoms with Crippen LogP contribution in [0.3, 0.4) is 0 Å². The molecule has 0 radical (unpaired) electrons. The molecule has 15 heavy (non-hydrogen) atoms. The Hall–Kier alpha value is -1.09. The minimum atomic E-state index is -1.44. The first-order valence-electron chi connectivity index (χ1n) is 3.43. The van der Waals surface area contributed by atoms with E-state index >= 15 is 0 Å². The molecule has 0 spiro atoms. The smallest absolute Gasteiger partial charge is 0.548 e. The van der Waals surface area contributed by atoms with Crippen LogP contribution in [-0.4, -0.2) is 47.1 Å². The number of nitroso groups, excluding NO2 is 2. The summed E-state index contributed by atoms with van der Waals surface area (Å²) in [7, 11) is 0. The molecule has 0 saturated heterocycles. The third kappa shape index (κ3) is 12.9. The molecule has 0 amide bonds. The molecule has 2 atom stereocenters. The van der Waals surface area contributed by atoms with Crippen LogP contribution in [0.2, 0.25) is 0 Å². The van der Waals surface area contributed by atoms with Gasteiger partial charge in [0.1, 0.15) is 12.1 Å². The van der Waals surface area contributed by atoms with Crippen molar-refractivity contribution in [3.63, 3.8) is 0 Å². The third-order valence-corrected chi connectivity index (χ3v) is 0.998. The fraction of sp³-hybridized carbons (Fsp3) is 0.667. The molecule has 0 N–H and O–H groups in total. The molecule has 0 rings (SSSR count). The van der Waals surface area contributed by atoms with Gasteiger partial charge < -0.3 is 19.8 Å². The molecule has 8 nitrogen and oxygen atoms in total. The van der Waals surface area contributed by atoms with Crippen LogP contribution < -0.4 is 10.2 Å². The maximum Gasteiger partial charge on any atom is 2.00 e. The maximum absolute atomic E-state index is 9.53. The molecular formula is C6H8MgN2O6. The Labute approximate surface area is 101 Å². The SMILES string of the molecule is C[C@H](N=O)C(=O)[O-].C[C@H](N=O)C(=O)[O-].[Mg+2]. The maximum atomic E-state index is 9.53. The number of carbonyl (C=O) groups is 2. The Morgan fingerprint density at radius 3 is 1.13 bits per heavy atom. The number of carbonyl (C=O) groups excluding carboxylic acids is 2. The van der Waals surface area contributed by atoms with Crippen molar-refractivity contribution in [3.05, 3.63) is 9.81 Å². The summed E-state index contributed by atoms with van der Waals surface area (Å²) in [5.74, 6) is -2.87. The number of aliphatic carboxylic acids is 2. The van der Waals surface area contributed by atoms with Gasteiger partial charge in [0.15, 0.2) is 0 Å².